The largest absolute Gasteiger partial charge is 0.497 e. The number of pyridine rings is 1. The van der Waals surface area contributed by atoms with Crippen molar-refractivity contribution >= 4 is 26.8 Å². The van der Waals surface area contributed by atoms with Crippen molar-refractivity contribution in [3.05, 3.63) is 67.0 Å². The third kappa shape index (κ3) is 3.34. The molecule has 0 spiro atoms. The number of nitrogens with zero attached hydrogens (tertiary/aromatic N) is 2. The zero-order chi connectivity index (χ0) is 18.9. The molecule has 0 bridgehead atoms. The molecule has 0 aliphatic heterocycles. The number of oxazole rings is 1. The van der Waals surface area contributed by atoms with Gasteiger partial charge in [-0.05, 0) is 48.5 Å². The van der Waals surface area contributed by atoms with Gasteiger partial charge in [0, 0.05) is 18.0 Å². The summed E-state index contributed by atoms with van der Waals surface area (Å²) in [5.41, 5.74) is 2.01. The summed E-state index contributed by atoms with van der Waals surface area (Å²) in [6, 6.07) is 14.8. The first-order chi connectivity index (χ1) is 13.1. The lowest BCUT2D eigenvalue weighted by Crippen LogP contribution is -2.13. The normalized spacial score (nSPS) is 11.4. The number of anilines is 1. The van der Waals surface area contributed by atoms with Crippen molar-refractivity contribution < 1.29 is 17.6 Å². The van der Waals surface area contributed by atoms with Crippen LogP contribution in [0.3, 0.4) is 0 Å². The second kappa shape index (κ2) is 6.73. The second-order valence-electron chi connectivity index (χ2n) is 5.69. The minimum absolute atomic E-state index is 0.123. The molecule has 0 aliphatic rings. The summed E-state index contributed by atoms with van der Waals surface area (Å²) in [7, 11) is -2.26. The van der Waals surface area contributed by atoms with Crippen LogP contribution in [0.15, 0.2) is 76.3 Å². The molecule has 0 fully saturated rings. The Morgan fingerprint density at radius 2 is 1.74 bits per heavy atom. The zero-order valence-corrected chi connectivity index (χ0v) is 15.1. The fourth-order valence-corrected chi connectivity index (χ4v) is 3.67. The molecule has 0 atom stereocenters. The van der Waals surface area contributed by atoms with Crippen molar-refractivity contribution in [1.29, 1.82) is 0 Å². The van der Waals surface area contributed by atoms with Gasteiger partial charge in [-0.25, -0.2) is 13.4 Å². The minimum atomic E-state index is -3.78. The van der Waals surface area contributed by atoms with Crippen molar-refractivity contribution in [3.8, 4) is 17.2 Å². The standard InChI is InChI=1S/C19H15N3O4S/c1-25-14-5-7-15(8-6-14)27(23,24)22-16-3-2-4-17-18(16)21-19(26-17)13-9-11-20-12-10-13/h2-12,22H,1H3. The van der Waals surface area contributed by atoms with Gasteiger partial charge in [-0.1, -0.05) is 6.07 Å². The predicted molar refractivity (Wildman–Crippen MR) is 101 cm³/mol. The van der Waals surface area contributed by atoms with Crippen LogP contribution in [0.25, 0.3) is 22.6 Å². The predicted octanol–water partition coefficient (Wildman–Crippen LogP) is 3.70. The molecule has 2 heterocycles. The first-order valence-electron chi connectivity index (χ1n) is 8.04. The lowest BCUT2D eigenvalue weighted by molar-refractivity contribution is 0.414. The average molecular weight is 381 g/mol. The summed E-state index contributed by atoms with van der Waals surface area (Å²) >= 11 is 0. The van der Waals surface area contributed by atoms with Crippen molar-refractivity contribution in [2.75, 3.05) is 11.8 Å². The summed E-state index contributed by atoms with van der Waals surface area (Å²) in [5.74, 6) is 0.970. The van der Waals surface area contributed by atoms with Gasteiger partial charge in [-0.15, -0.1) is 0 Å². The smallest absolute Gasteiger partial charge is 0.261 e. The van der Waals surface area contributed by atoms with Crippen LogP contribution >= 0.6 is 0 Å². The Morgan fingerprint density at radius 1 is 1.00 bits per heavy atom. The average Bonchev–Trinajstić information content (AvgIpc) is 3.14. The number of fused-ring (bicyclic) bond motifs is 1. The maximum absolute atomic E-state index is 12.7. The summed E-state index contributed by atoms with van der Waals surface area (Å²) in [4.78, 5) is 8.54. The Labute approximate surface area is 155 Å². The fourth-order valence-electron chi connectivity index (χ4n) is 2.61. The first kappa shape index (κ1) is 17.0. The summed E-state index contributed by atoms with van der Waals surface area (Å²) in [5, 5.41) is 0. The highest BCUT2D eigenvalue weighted by Gasteiger charge is 2.18. The Balaban J connectivity index is 1.72. The molecular formula is C19H15N3O4S. The van der Waals surface area contributed by atoms with E-state index in [-0.39, 0.29) is 4.90 Å². The van der Waals surface area contributed by atoms with Crippen LogP contribution in [0.5, 0.6) is 5.75 Å². The molecule has 27 heavy (non-hydrogen) atoms. The molecule has 1 N–H and O–H groups in total. The van der Waals surface area contributed by atoms with Gasteiger partial charge < -0.3 is 9.15 Å². The van der Waals surface area contributed by atoms with E-state index in [2.05, 4.69) is 14.7 Å². The lowest BCUT2D eigenvalue weighted by Gasteiger charge is -2.08. The van der Waals surface area contributed by atoms with Crippen LogP contribution in [0, 0.1) is 0 Å². The maximum Gasteiger partial charge on any atom is 0.261 e. The number of nitrogens with one attached hydrogen (secondary N) is 1. The van der Waals surface area contributed by atoms with Gasteiger partial charge in [-0.2, -0.15) is 0 Å². The molecule has 0 amide bonds. The molecule has 7 nitrogen and oxygen atoms in total. The lowest BCUT2D eigenvalue weighted by atomic mass is 10.3. The van der Waals surface area contributed by atoms with Crippen molar-refractivity contribution in [3.63, 3.8) is 0 Å². The molecule has 2 aromatic carbocycles. The molecule has 0 aliphatic carbocycles. The molecule has 0 saturated carbocycles. The van der Waals surface area contributed by atoms with E-state index in [4.69, 9.17) is 9.15 Å². The van der Waals surface area contributed by atoms with Crippen LogP contribution in [0.4, 0.5) is 5.69 Å². The molecular weight excluding hydrogens is 366 g/mol. The van der Waals surface area contributed by atoms with Crippen LogP contribution in [0.2, 0.25) is 0 Å². The van der Waals surface area contributed by atoms with Crippen molar-refractivity contribution in [2.45, 2.75) is 4.90 Å². The molecule has 4 rings (SSSR count). The van der Waals surface area contributed by atoms with Gasteiger partial charge in [0.15, 0.2) is 5.58 Å². The van der Waals surface area contributed by atoms with Gasteiger partial charge in [0.2, 0.25) is 5.89 Å². The molecule has 8 heteroatoms. The van der Waals surface area contributed by atoms with Gasteiger partial charge >= 0.3 is 0 Å². The van der Waals surface area contributed by atoms with E-state index >= 15 is 0 Å². The zero-order valence-electron chi connectivity index (χ0n) is 14.3. The van der Waals surface area contributed by atoms with E-state index in [0.29, 0.717) is 28.4 Å². The van der Waals surface area contributed by atoms with Gasteiger partial charge in [0.1, 0.15) is 11.3 Å². The van der Waals surface area contributed by atoms with Crippen LogP contribution < -0.4 is 9.46 Å². The number of methoxy groups -OCH3 is 1. The summed E-state index contributed by atoms with van der Waals surface area (Å²) in [6.45, 7) is 0. The molecule has 0 radical (unpaired) electrons. The van der Waals surface area contributed by atoms with E-state index in [1.54, 1.807) is 54.9 Å². The summed E-state index contributed by atoms with van der Waals surface area (Å²) in [6.07, 6.45) is 3.27. The molecule has 2 aromatic heterocycles. The van der Waals surface area contributed by atoms with E-state index in [9.17, 15) is 8.42 Å². The highest BCUT2D eigenvalue weighted by atomic mass is 32.2. The van der Waals surface area contributed by atoms with E-state index < -0.39 is 10.0 Å². The van der Waals surface area contributed by atoms with Gasteiger partial charge in [0.05, 0.1) is 17.7 Å². The monoisotopic (exact) mass is 381 g/mol. The Hall–Kier alpha value is -3.39. The maximum atomic E-state index is 12.7. The minimum Gasteiger partial charge on any atom is -0.497 e. The van der Waals surface area contributed by atoms with Gasteiger partial charge in [-0.3, -0.25) is 9.71 Å². The SMILES string of the molecule is COc1ccc(S(=O)(=O)Nc2cccc3oc(-c4ccncc4)nc23)cc1. The van der Waals surface area contributed by atoms with Crippen molar-refractivity contribution in [2.24, 2.45) is 0 Å². The number of ether oxygens (including phenoxy) is 1. The molecule has 0 saturated heterocycles. The third-order valence-corrected chi connectivity index (χ3v) is 5.34. The Kier molecular flexibility index (Phi) is 4.25. The summed E-state index contributed by atoms with van der Waals surface area (Å²) < 4.78 is 38.8. The van der Waals surface area contributed by atoms with E-state index in [1.165, 1.54) is 19.2 Å². The number of benzene rings is 2. The number of rotatable bonds is 5. The molecule has 4 aromatic rings. The third-order valence-electron chi connectivity index (χ3n) is 3.96. The number of aromatic nitrogens is 2. The van der Waals surface area contributed by atoms with Crippen LogP contribution in [-0.2, 0) is 10.0 Å². The van der Waals surface area contributed by atoms with Crippen LogP contribution in [0.1, 0.15) is 0 Å². The molecule has 0 unspecified atom stereocenters. The Morgan fingerprint density at radius 3 is 2.44 bits per heavy atom. The molecule has 136 valence electrons. The number of sulfonamides is 1. The van der Waals surface area contributed by atoms with Gasteiger partial charge in [0.25, 0.3) is 10.0 Å². The van der Waals surface area contributed by atoms with E-state index in [0.717, 1.165) is 5.56 Å². The van der Waals surface area contributed by atoms with E-state index in [1.807, 2.05) is 0 Å². The highest BCUT2D eigenvalue weighted by molar-refractivity contribution is 7.92. The topological polar surface area (TPSA) is 94.3 Å². The number of para-hydroxylation sites is 1. The fraction of sp³-hybridized carbons (Fsp3) is 0.0526. The van der Waals surface area contributed by atoms with Crippen molar-refractivity contribution in [1.82, 2.24) is 9.97 Å². The number of hydrogen-bond acceptors (Lipinski definition) is 6. The quantitative estimate of drug-likeness (QED) is 0.566. The first-order valence-corrected chi connectivity index (χ1v) is 9.52. The second-order valence-corrected chi connectivity index (χ2v) is 7.37. The highest BCUT2D eigenvalue weighted by Crippen LogP contribution is 2.30. The van der Waals surface area contributed by atoms with Crippen LogP contribution in [-0.4, -0.2) is 25.5 Å². The Bertz CT molecular complexity index is 1190. The number of hydrogen-bond donors (Lipinski definition) is 1.